The van der Waals surface area contributed by atoms with Gasteiger partial charge in [0.15, 0.2) is 0 Å². The average Bonchev–Trinajstić information content (AvgIpc) is 3.32. The quantitative estimate of drug-likeness (QED) is 0.621. The minimum Gasteiger partial charge on any atom is -0.444 e. The Morgan fingerprint density at radius 2 is 1.94 bits per heavy atom. The molecule has 1 fully saturated rings. The third kappa shape index (κ3) is 3.62. The Balaban J connectivity index is 1.72. The lowest BCUT2D eigenvalue weighted by Crippen LogP contribution is -2.55. The highest BCUT2D eigenvalue weighted by Gasteiger charge is 2.46. The summed E-state index contributed by atoms with van der Waals surface area (Å²) in [4.78, 5) is 30.3. The molecule has 2 aliphatic heterocycles. The molecule has 0 unspecified atom stereocenters. The van der Waals surface area contributed by atoms with Crippen molar-refractivity contribution in [1.82, 2.24) is 24.2 Å². The van der Waals surface area contributed by atoms with Gasteiger partial charge in [0.1, 0.15) is 17.2 Å². The maximum atomic E-state index is 14.4. The van der Waals surface area contributed by atoms with Crippen LogP contribution in [0.1, 0.15) is 49.2 Å². The van der Waals surface area contributed by atoms with Gasteiger partial charge in [-0.25, -0.2) is 18.7 Å². The number of nitrogens with zero attached hydrogens (tertiary/aromatic N) is 4. The lowest BCUT2D eigenvalue weighted by Gasteiger charge is -2.45. The molecule has 2 bridgehead atoms. The topological polar surface area (TPSA) is 94.4 Å². The first-order valence-electron chi connectivity index (χ1n) is 11.3. The van der Waals surface area contributed by atoms with E-state index >= 15 is 0 Å². The van der Waals surface area contributed by atoms with Crippen LogP contribution in [0.2, 0.25) is 0 Å². The molecule has 0 radical (unpaired) electrons. The van der Waals surface area contributed by atoms with Crippen LogP contribution in [0.4, 0.5) is 9.18 Å². The van der Waals surface area contributed by atoms with Gasteiger partial charge in [0.25, 0.3) is 0 Å². The first-order valence-corrected chi connectivity index (χ1v) is 11.3. The van der Waals surface area contributed by atoms with Crippen molar-refractivity contribution >= 4 is 6.09 Å². The first kappa shape index (κ1) is 22.4. The number of aromatic amines is 1. The Labute approximate surface area is 196 Å². The number of hydrogen-bond acceptors (Lipinski definition) is 5. The fourth-order valence-corrected chi connectivity index (χ4v) is 4.83. The van der Waals surface area contributed by atoms with Gasteiger partial charge < -0.3 is 14.5 Å². The zero-order valence-corrected chi connectivity index (χ0v) is 19.9. The molecule has 2 aliphatic rings. The van der Waals surface area contributed by atoms with Gasteiger partial charge in [-0.2, -0.15) is 5.10 Å². The summed E-state index contributed by atoms with van der Waals surface area (Å²) in [5.74, 6) is 0.218. The van der Waals surface area contributed by atoms with Gasteiger partial charge in [0, 0.05) is 24.4 Å². The highest BCUT2D eigenvalue weighted by Crippen LogP contribution is 2.41. The second-order valence-corrected chi connectivity index (χ2v) is 9.92. The van der Waals surface area contributed by atoms with E-state index in [4.69, 9.17) is 14.6 Å². The molecule has 0 spiro atoms. The summed E-state index contributed by atoms with van der Waals surface area (Å²) >= 11 is 0. The maximum Gasteiger partial charge on any atom is 0.411 e. The summed E-state index contributed by atoms with van der Waals surface area (Å²) in [6.45, 7) is 9.50. The van der Waals surface area contributed by atoms with Crippen LogP contribution in [0.5, 0.6) is 0 Å². The van der Waals surface area contributed by atoms with Crippen molar-refractivity contribution < 1.29 is 18.7 Å². The predicted molar refractivity (Wildman–Crippen MR) is 122 cm³/mol. The highest BCUT2D eigenvalue weighted by molar-refractivity contribution is 5.71. The Bertz CT molecular complexity index is 1310. The van der Waals surface area contributed by atoms with E-state index in [2.05, 4.69) is 4.98 Å². The molecule has 2 atom stereocenters. The Morgan fingerprint density at radius 1 is 1.24 bits per heavy atom. The number of H-pyrrole nitrogens is 1. The Kier molecular flexibility index (Phi) is 5.16. The number of fused-ring (bicyclic) bond motifs is 4. The second-order valence-electron chi connectivity index (χ2n) is 9.92. The molecular weight excluding hydrogens is 441 g/mol. The van der Waals surface area contributed by atoms with Crippen molar-refractivity contribution in [3.05, 3.63) is 63.2 Å². The summed E-state index contributed by atoms with van der Waals surface area (Å²) in [6.07, 6.45) is 3.18. The monoisotopic (exact) mass is 469 g/mol. The van der Waals surface area contributed by atoms with Gasteiger partial charge in [0.05, 0.1) is 36.7 Å². The highest BCUT2D eigenvalue weighted by atomic mass is 19.1. The molecule has 1 N–H and O–H groups in total. The molecule has 0 aliphatic carbocycles. The second kappa shape index (κ2) is 7.83. The molecular formula is C24H28FN5O4. The summed E-state index contributed by atoms with van der Waals surface area (Å²) in [5.41, 5.74) is 2.10. The number of amides is 1. The van der Waals surface area contributed by atoms with Gasteiger partial charge in [-0.1, -0.05) is 0 Å². The number of rotatable bonds is 2. The number of aromatic nitrogens is 4. The van der Waals surface area contributed by atoms with E-state index < -0.39 is 17.7 Å². The first-order chi connectivity index (χ1) is 16.0. The Hall–Kier alpha value is -3.40. The Morgan fingerprint density at radius 3 is 2.56 bits per heavy atom. The summed E-state index contributed by atoms with van der Waals surface area (Å²) in [6, 6.07) is 2.69. The number of nitrogens with one attached hydrogen (secondary N) is 1. The van der Waals surface area contributed by atoms with E-state index in [1.54, 1.807) is 48.0 Å². The van der Waals surface area contributed by atoms with Gasteiger partial charge in [0.2, 0.25) is 0 Å². The van der Waals surface area contributed by atoms with Crippen molar-refractivity contribution in [2.45, 2.75) is 58.7 Å². The van der Waals surface area contributed by atoms with Crippen molar-refractivity contribution in [2.75, 3.05) is 13.2 Å². The minimum atomic E-state index is -0.653. The number of hydrogen-bond donors (Lipinski definition) is 1. The van der Waals surface area contributed by atoms with E-state index in [1.807, 2.05) is 20.8 Å². The van der Waals surface area contributed by atoms with Gasteiger partial charge in [-0.3, -0.25) is 9.47 Å². The molecule has 1 saturated heterocycles. The molecule has 3 aromatic rings. The normalized spacial score (nSPS) is 19.8. The lowest BCUT2D eigenvalue weighted by atomic mass is 9.92. The van der Waals surface area contributed by atoms with Crippen LogP contribution < -0.4 is 5.69 Å². The lowest BCUT2D eigenvalue weighted by molar-refractivity contribution is -0.0675. The smallest absolute Gasteiger partial charge is 0.411 e. The van der Waals surface area contributed by atoms with E-state index in [-0.39, 0.29) is 24.2 Å². The largest absolute Gasteiger partial charge is 0.444 e. The van der Waals surface area contributed by atoms with E-state index in [1.165, 1.54) is 4.57 Å². The molecule has 4 heterocycles. The van der Waals surface area contributed by atoms with Gasteiger partial charge >= 0.3 is 11.8 Å². The van der Waals surface area contributed by atoms with Crippen LogP contribution in [0.3, 0.4) is 0 Å². The zero-order chi connectivity index (χ0) is 24.4. The van der Waals surface area contributed by atoms with E-state index in [0.29, 0.717) is 35.7 Å². The number of halogens is 1. The van der Waals surface area contributed by atoms with E-state index in [9.17, 15) is 14.0 Å². The maximum absolute atomic E-state index is 14.4. The standard InChI is InChI=1S/C24H28FN5O4/c1-13-8-15(9-14(2)20(13)25)30-21(28-7-6-26-22(28)31)19-17(27-30)10-16-11-33-12-18(19)29(16)23(32)34-24(3,4)5/h6-9,16,18H,10-12H2,1-5H3,(H,26,31)/t16-,18-/m1/s1. The van der Waals surface area contributed by atoms with Crippen LogP contribution in [-0.4, -0.2) is 55.2 Å². The average molecular weight is 470 g/mol. The molecule has 0 saturated carbocycles. The van der Waals surface area contributed by atoms with E-state index in [0.717, 1.165) is 11.3 Å². The van der Waals surface area contributed by atoms with Crippen LogP contribution >= 0.6 is 0 Å². The molecule has 10 heteroatoms. The molecule has 9 nitrogen and oxygen atoms in total. The molecule has 180 valence electrons. The van der Waals surface area contributed by atoms with Gasteiger partial charge in [-0.15, -0.1) is 0 Å². The fraction of sp³-hybridized carbons (Fsp3) is 0.458. The van der Waals surface area contributed by atoms with Crippen molar-refractivity contribution in [3.8, 4) is 11.5 Å². The minimum absolute atomic E-state index is 0.239. The summed E-state index contributed by atoms with van der Waals surface area (Å²) in [5, 5.41) is 4.87. The summed E-state index contributed by atoms with van der Waals surface area (Å²) in [7, 11) is 0. The number of carbonyl (C=O) groups excluding carboxylic acids is 1. The fourth-order valence-electron chi connectivity index (χ4n) is 4.83. The predicted octanol–water partition coefficient (Wildman–Crippen LogP) is 3.34. The number of morpholine rings is 1. The summed E-state index contributed by atoms with van der Waals surface area (Å²) < 4.78 is 29.0. The number of aryl methyl sites for hydroxylation is 2. The van der Waals surface area contributed by atoms with Crippen molar-refractivity contribution in [1.29, 1.82) is 0 Å². The van der Waals surface area contributed by atoms with Gasteiger partial charge in [-0.05, 0) is 57.9 Å². The number of benzene rings is 1. The number of imidazole rings is 1. The molecule has 2 aromatic heterocycles. The molecule has 5 rings (SSSR count). The van der Waals surface area contributed by atoms with Crippen molar-refractivity contribution in [3.63, 3.8) is 0 Å². The third-order valence-electron chi connectivity index (χ3n) is 6.20. The number of ether oxygens (including phenoxy) is 2. The van der Waals surface area contributed by atoms with Crippen LogP contribution in [0.15, 0.2) is 29.3 Å². The van der Waals surface area contributed by atoms with Crippen LogP contribution in [-0.2, 0) is 15.9 Å². The SMILES string of the molecule is Cc1cc(-n2nc3c(c2-n2cc[nH]c2=O)[C@H]2COC[C@@H](C3)N2C(=O)OC(C)(C)C)cc(C)c1F. The third-order valence-corrected chi connectivity index (χ3v) is 6.20. The van der Waals surface area contributed by atoms with Crippen LogP contribution in [0.25, 0.3) is 11.5 Å². The molecule has 34 heavy (non-hydrogen) atoms. The zero-order valence-electron chi connectivity index (χ0n) is 19.9. The van der Waals surface area contributed by atoms with Crippen LogP contribution in [0, 0.1) is 19.7 Å². The molecule has 1 amide bonds. The number of carbonyl (C=O) groups is 1. The van der Waals surface area contributed by atoms with Crippen molar-refractivity contribution in [2.24, 2.45) is 0 Å². The molecule has 1 aromatic carbocycles.